The Morgan fingerprint density at radius 3 is 2.62 bits per heavy atom. The number of carbonyl (C=O) groups is 1. The molecule has 1 aliphatic rings. The van der Waals surface area contributed by atoms with Crippen LogP contribution >= 0.6 is 12.2 Å². The SMILES string of the molecule is CC(C)(C)OC(=O)N[C@H](CO)Cc1ccccc1C(=S)NC1CC1. The Labute approximate surface area is 148 Å². The molecule has 132 valence electrons. The molecule has 1 aromatic rings. The molecule has 1 saturated carbocycles. The highest BCUT2D eigenvalue weighted by Crippen LogP contribution is 2.21. The van der Waals surface area contributed by atoms with Crippen LogP contribution in [-0.2, 0) is 11.2 Å². The van der Waals surface area contributed by atoms with E-state index >= 15 is 0 Å². The van der Waals surface area contributed by atoms with Crippen LogP contribution in [0.5, 0.6) is 0 Å². The molecule has 0 heterocycles. The summed E-state index contributed by atoms with van der Waals surface area (Å²) in [5.74, 6) is 0. The van der Waals surface area contributed by atoms with Crippen molar-refractivity contribution < 1.29 is 14.6 Å². The Bertz CT molecular complexity index is 594. The van der Waals surface area contributed by atoms with E-state index in [1.54, 1.807) is 20.8 Å². The molecule has 0 radical (unpaired) electrons. The summed E-state index contributed by atoms with van der Waals surface area (Å²) in [4.78, 5) is 12.6. The molecule has 1 amide bonds. The van der Waals surface area contributed by atoms with Crippen molar-refractivity contribution in [1.82, 2.24) is 10.6 Å². The van der Waals surface area contributed by atoms with Crippen molar-refractivity contribution in [3.63, 3.8) is 0 Å². The molecule has 3 N–H and O–H groups in total. The van der Waals surface area contributed by atoms with Gasteiger partial charge in [0.2, 0.25) is 0 Å². The summed E-state index contributed by atoms with van der Waals surface area (Å²) >= 11 is 5.49. The predicted molar refractivity (Wildman–Crippen MR) is 98.2 cm³/mol. The van der Waals surface area contributed by atoms with Crippen LogP contribution in [0.2, 0.25) is 0 Å². The van der Waals surface area contributed by atoms with E-state index in [2.05, 4.69) is 10.6 Å². The zero-order valence-electron chi connectivity index (χ0n) is 14.5. The molecule has 0 unspecified atom stereocenters. The van der Waals surface area contributed by atoms with E-state index in [9.17, 15) is 9.90 Å². The number of aliphatic hydroxyl groups excluding tert-OH is 1. The summed E-state index contributed by atoms with van der Waals surface area (Å²) in [6.45, 7) is 5.24. The second kappa shape index (κ2) is 7.94. The second-order valence-electron chi connectivity index (χ2n) is 7.13. The molecule has 0 spiro atoms. The molecule has 1 fully saturated rings. The Morgan fingerprint density at radius 1 is 1.38 bits per heavy atom. The van der Waals surface area contributed by atoms with Gasteiger partial charge in [-0.2, -0.15) is 0 Å². The fraction of sp³-hybridized carbons (Fsp3) is 0.556. The van der Waals surface area contributed by atoms with Gasteiger partial charge in [-0.3, -0.25) is 0 Å². The van der Waals surface area contributed by atoms with Crippen LogP contribution < -0.4 is 10.6 Å². The molecule has 6 heteroatoms. The minimum absolute atomic E-state index is 0.170. The summed E-state index contributed by atoms with van der Waals surface area (Å²) in [6, 6.07) is 7.86. The summed E-state index contributed by atoms with van der Waals surface area (Å²) in [5.41, 5.74) is 1.37. The van der Waals surface area contributed by atoms with Crippen LogP contribution in [0, 0.1) is 0 Å². The van der Waals surface area contributed by atoms with E-state index in [0.717, 1.165) is 29.0 Å². The number of thiocarbonyl (C=S) groups is 1. The van der Waals surface area contributed by atoms with Gasteiger partial charge in [-0.1, -0.05) is 36.5 Å². The smallest absolute Gasteiger partial charge is 0.407 e. The number of alkyl carbamates (subject to hydrolysis) is 1. The zero-order chi connectivity index (χ0) is 17.7. The summed E-state index contributed by atoms with van der Waals surface area (Å²) in [6.07, 6.45) is 2.26. The number of rotatable bonds is 6. The third kappa shape index (κ3) is 6.09. The lowest BCUT2D eigenvalue weighted by molar-refractivity contribution is 0.0483. The minimum atomic E-state index is -0.572. The van der Waals surface area contributed by atoms with Crippen molar-refractivity contribution in [3.8, 4) is 0 Å². The summed E-state index contributed by atoms with van der Waals surface area (Å²) < 4.78 is 5.25. The fourth-order valence-electron chi connectivity index (χ4n) is 2.31. The third-order valence-electron chi connectivity index (χ3n) is 3.58. The fourth-order valence-corrected chi connectivity index (χ4v) is 2.68. The summed E-state index contributed by atoms with van der Waals surface area (Å²) in [5, 5.41) is 15.6. The van der Waals surface area contributed by atoms with E-state index in [0.29, 0.717) is 12.5 Å². The van der Waals surface area contributed by atoms with Crippen molar-refractivity contribution in [2.75, 3.05) is 6.61 Å². The van der Waals surface area contributed by atoms with Crippen molar-refractivity contribution in [2.45, 2.75) is 57.7 Å². The number of aliphatic hydroxyl groups is 1. The number of ether oxygens (including phenoxy) is 1. The van der Waals surface area contributed by atoms with Gasteiger partial charge in [0.15, 0.2) is 0 Å². The molecule has 5 nitrogen and oxygen atoms in total. The van der Waals surface area contributed by atoms with Crippen LogP contribution in [0.4, 0.5) is 4.79 Å². The quantitative estimate of drug-likeness (QED) is 0.688. The van der Waals surface area contributed by atoms with Crippen LogP contribution in [0.1, 0.15) is 44.7 Å². The van der Waals surface area contributed by atoms with Crippen molar-refractivity contribution in [1.29, 1.82) is 0 Å². The monoisotopic (exact) mass is 350 g/mol. The first-order valence-electron chi connectivity index (χ1n) is 8.27. The van der Waals surface area contributed by atoms with E-state index in [-0.39, 0.29) is 6.61 Å². The van der Waals surface area contributed by atoms with E-state index in [1.807, 2.05) is 24.3 Å². The number of hydrogen-bond donors (Lipinski definition) is 3. The standard InChI is InChI=1S/C18H26N2O3S/c1-18(2,3)23-17(22)20-14(11-21)10-12-6-4-5-7-15(12)16(24)19-13-8-9-13/h4-7,13-14,21H,8-11H2,1-3H3,(H,19,24)(H,20,22)/t14-/m0/s1. The van der Waals surface area contributed by atoms with Gasteiger partial charge >= 0.3 is 6.09 Å². The highest BCUT2D eigenvalue weighted by Gasteiger charge is 2.24. The maximum atomic E-state index is 11.9. The Morgan fingerprint density at radius 2 is 2.04 bits per heavy atom. The van der Waals surface area contributed by atoms with Crippen LogP contribution in [0.3, 0.4) is 0 Å². The lowest BCUT2D eigenvalue weighted by Crippen LogP contribution is -2.42. The van der Waals surface area contributed by atoms with Gasteiger partial charge in [0, 0.05) is 11.6 Å². The predicted octanol–water partition coefficient (Wildman–Crippen LogP) is 2.54. The first-order valence-corrected chi connectivity index (χ1v) is 8.68. The maximum Gasteiger partial charge on any atom is 0.407 e. The number of hydrogen-bond acceptors (Lipinski definition) is 4. The molecular formula is C18H26N2O3S. The van der Waals surface area contributed by atoms with Gasteiger partial charge < -0.3 is 20.5 Å². The maximum absolute atomic E-state index is 11.9. The molecule has 0 aromatic heterocycles. The Balaban J connectivity index is 2.02. The Hall–Kier alpha value is -1.66. The van der Waals surface area contributed by atoms with Crippen molar-refractivity contribution >= 4 is 23.3 Å². The van der Waals surface area contributed by atoms with Gasteiger partial charge in [-0.15, -0.1) is 0 Å². The van der Waals surface area contributed by atoms with E-state index < -0.39 is 17.7 Å². The Kier molecular flexibility index (Phi) is 6.18. The van der Waals surface area contributed by atoms with Gasteiger partial charge in [-0.05, 0) is 45.6 Å². The molecule has 1 atom stereocenters. The highest BCUT2D eigenvalue weighted by molar-refractivity contribution is 7.80. The molecule has 1 aliphatic carbocycles. The van der Waals surface area contributed by atoms with Crippen LogP contribution in [0.25, 0.3) is 0 Å². The molecule has 0 aliphatic heterocycles. The molecule has 24 heavy (non-hydrogen) atoms. The number of carbonyl (C=O) groups excluding carboxylic acids is 1. The van der Waals surface area contributed by atoms with E-state index in [4.69, 9.17) is 17.0 Å². The number of nitrogens with one attached hydrogen (secondary N) is 2. The van der Waals surface area contributed by atoms with Gasteiger partial charge in [-0.25, -0.2) is 4.79 Å². The van der Waals surface area contributed by atoms with Crippen LogP contribution in [0.15, 0.2) is 24.3 Å². The molecular weight excluding hydrogens is 324 g/mol. The molecule has 0 bridgehead atoms. The van der Waals surface area contributed by atoms with E-state index in [1.165, 1.54) is 0 Å². The molecule has 1 aromatic carbocycles. The number of amides is 1. The average molecular weight is 350 g/mol. The first-order chi connectivity index (χ1) is 11.3. The highest BCUT2D eigenvalue weighted by atomic mass is 32.1. The van der Waals surface area contributed by atoms with Gasteiger partial charge in [0.25, 0.3) is 0 Å². The van der Waals surface area contributed by atoms with Crippen molar-refractivity contribution in [3.05, 3.63) is 35.4 Å². The van der Waals surface area contributed by atoms with Crippen LogP contribution in [-0.4, -0.2) is 40.5 Å². The topological polar surface area (TPSA) is 70.6 Å². The molecule has 0 saturated heterocycles. The minimum Gasteiger partial charge on any atom is -0.444 e. The lowest BCUT2D eigenvalue weighted by atomic mass is 10.0. The average Bonchev–Trinajstić information content (AvgIpc) is 3.29. The third-order valence-corrected chi connectivity index (χ3v) is 3.92. The zero-order valence-corrected chi connectivity index (χ0v) is 15.3. The first kappa shape index (κ1) is 18.7. The largest absolute Gasteiger partial charge is 0.444 e. The second-order valence-corrected chi connectivity index (χ2v) is 7.54. The summed E-state index contributed by atoms with van der Waals surface area (Å²) in [7, 11) is 0. The lowest BCUT2D eigenvalue weighted by Gasteiger charge is -2.23. The van der Waals surface area contributed by atoms with Crippen molar-refractivity contribution in [2.24, 2.45) is 0 Å². The molecule has 2 rings (SSSR count). The normalized spacial score (nSPS) is 15.5. The van der Waals surface area contributed by atoms with Gasteiger partial charge in [0.05, 0.1) is 12.6 Å². The van der Waals surface area contributed by atoms with Gasteiger partial charge in [0.1, 0.15) is 10.6 Å². The number of benzene rings is 1.